The Morgan fingerprint density at radius 1 is 0.595 bits per heavy atom. The molecule has 10 nitrogen and oxygen atoms in total. The smallest absolute Gasteiger partial charge is 0.330 e. The van der Waals surface area contributed by atoms with Crippen LogP contribution in [0.3, 0.4) is 0 Å². The summed E-state index contributed by atoms with van der Waals surface area (Å²) in [4.78, 5) is 10.8. The van der Waals surface area contributed by atoms with Crippen LogP contribution >= 0.6 is 0 Å². The van der Waals surface area contributed by atoms with Crippen molar-refractivity contribution in [3.05, 3.63) is 12.7 Å². The first-order valence-corrected chi connectivity index (χ1v) is 13.7. The molecule has 0 amide bonds. The van der Waals surface area contributed by atoms with Crippen molar-refractivity contribution >= 4 is 5.97 Å². The van der Waals surface area contributed by atoms with Gasteiger partial charge in [0.25, 0.3) is 0 Å². The van der Waals surface area contributed by atoms with E-state index < -0.39 is 5.97 Å². The molecule has 0 aliphatic heterocycles. The highest BCUT2D eigenvalue weighted by Gasteiger charge is 2.05. The number of hydrogen-bond donors (Lipinski definition) is 0. The summed E-state index contributed by atoms with van der Waals surface area (Å²) in [5.41, 5.74) is 0. The van der Waals surface area contributed by atoms with Crippen LogP contribution in [0.1, 0.15) is 39.5 Å². The van der Waals surface area contributed by atoms with Gasteiger partial charge in [0.05, 0.1) is 99.1 Å². The molecule has 0 bridgehead atoms. The zero-order valence-electron chi connectivity index (χ0n) is 23.3. The van der Waals surface area contributed by atoms with Gasteiger partial charge in [-0.25, -0.2) is 4.79 Å². The van der Waals surface area contributed by atoms with Gasteiger partial charge in [0.2, 0.25) is 0 Å². The summed E-state index contributed by atoms with van der Waals surface area (Å²) in [5.74, 6) is 0.214. The van der Waals surface area contributed by atoms with Gasteiger partial charge in [-0.2, -0.15) is 0 Å². The summed E-state index contributed by atoms with van der Waals surface area (Å²) in [5, 5.41) is 0. The van der Waals surface area contributed by atoms with Gasteiger partial charge < -0.3 is 42.6 Å². The zero-order valence-corrected chi connectivity index (χ0v) is 23.3. The fourth-order valence-electron chi connectivity index (χ4n) is 2.95. The predicted molar refractivity (Wildman–Crippen MR) is 141 cm³/mol. The maximum absolute atomic E-state index is 10.8. The summed E-state index contributed by atoms with van der Waals surface area (Å²) >= 11 is 0. The van der Waals surface area contributed by atoms with E-state index in [0.29, 0.717) is 105 Å². The molecule has 1 atom stereocenters. The summed E-state index contributed by atoms with van der Waals surface area (Å²) in [6, 6.07) is 0. The number of carbonyl (C=O) groups is 1. The van der Waals surface area contributed by atoms with E-state index in [-0.39, 0.29) is 6.61 Å². The van der Waals surface area contributed by atoms with Gasteiger partial charge in [-0.1, -0.05) is 39.7 Å². The monoisotopic (exact) mass is 536 g/mol. The van der Waals surface area contributed by atoms with Crippen molar-refractivity contribution in [1.29, 1.82) is 0 Å². The SMILES string of the molecule is C=CC(=O)OCCOCCOCCOCCOCCOCCOCCOCCOCC(CC)CCCC. The van der Waals surface area contributed by atoms with E-state index in [1.54, 1.807) is 0 Å². The largest absolute Gasteiger partial charge is 0.460 e. The van der Waals surface area contributed by atoms with E-state index >= 15 is 0 Å². The number of hydrogen-bond acceptors (Lipinski definition) is 10. The molecule has 0 saturated carbocycles. The van der Waals surface area contributed by atoms with Gasteiger partial charge in [-0.3, -0.25) is 0 Å². The molecule has 0 radical (unpaired) electrons. The molecule has 0 heterocycles. The summed E-state index contributed by atoms with van der Waals surface area (Å²) in [6.07, 6.45) is 6.06. The Bertz CT molecular complexity index is 478. The number of ether oxygens (including phenoxy) is 9. The lowest BCUT2D eigenvalue weighted by atomic mass is 10.0. The van der Waals surface area contributed by atoms with Crippen molar-refractivity contribution in [2.45, 2.75) is 39.5 Å². The normalized spacial score (nSPS) is 12.1. The minimum absolute atomic E-state index is 0.206. The minimum Gasteiger partial charge on any atom is -0.460 e. The van der Waals surface area contributed by atoms with Crippen LogP contribution in [-0.4, -0.2) is 118 Å². The van der Waals surface area contributed by atoms with Crippen LogP contribution in [0.15, 0.2) is 12.7 Å². The van der Waals surface area contributed by atoms with Crippen molar-refractivity contribution in [2.75, 3.05) is 112 Å². The molecule has 1 unspecified atom stereocenters. The first-order valence-electron chi connectivity index (χ1n) is 13.7. The second-order valence-electron chi connectivity index (χ2n) is 8.15. The molecule has 0 aromatic heterocycles. The molecule has 0 aliphatic rings. The Morgan fingerprint density at radius 2 is 0.946 bits per heavy atom. The average molecular weight is 537 g/mol. The lowest BCUT2D eigenvalue weighted by Gasteiger charge is -2.14. The van der Waals surface area contributed by atoms with E-state index in [1.807, 2.05) is 0 Å². The molecule has 220 valence electrons. The topological polar surface area (TPSA) is 100 Å². The highest BCUT2D eigenvalue weighted by atomic mass is 16.6. The Labute approximate surface area is 224 Å². The fourth-order valence-corrected chi connectivity index (χ4v) is 2.95. The Kier molecular flexibility index (Phi) is 30.2. The molecule has 0 fully saturated rings. The molecule has 10 heteroatoms. The van der Waals surface area contributed by atoms with Crippen LogP contribution in [0.4, 0.5) is 0 Å². The molecule has 0 aromatic rings. The van der Waals surface area contributed by atoms with Crippen molar-refractivity contribution in [3.8, 4) is 0 Å². The summed E-state index contributed by atoms with van der Waals surface area (Å²) in [6.45, 7) is 16.4. The third-order valence-electron chi connectivity index (χ3n) is 5.14. The quantitative estimate of drug-likeness (QED) is 0.0747. The third kappa shape index (κ3) is 29.3. The Hall–Kier alpha value is -1.11. The van der Waals surface area contributed by atoms with Gasteiger partial charge >= 0.3 is 5.97 Å². The highest BCUT2D eigenvalue weighted by molar-refractivity contribution is 5.81. The standard InChI is InChI=1S/C27H52O10/c1-4-7-8-26(5-2)25-36-22-21-34-18-17-32-14-13-30-10-9-29-11-12-31-15-16-33-19-20-35-23-24-37-27(28)6-3/h6,26H,3-5,7-25H2,1-2H3. The number of carbonyl (C=O) groups excluding carboxylic acids is 1. The van der Waals surface area contributed by atoms with Gasteiger partial charge in [0.15, 0.2) is 0 Å². The average Bonchev–Trinajstić information content (AvgIpc) is 2.92. The van der Waals surface area contributed by atoms with Crippen LogP contribution in [0.2, 0.25) is 0 Å². The predicted octanol–water partition coefficient (Wildman–Crippen LogP) is 3.06. The third-order valence-corrected chi connectivity index (χ3v) is 5.14. The molecule has 37 heavy (non-hydrogen) atoms. The van der Waals surface area contributed by atoms with E-state index in [2.05, 4.69) is 20.4 Å². The second-order valence-corrected chi connectivity index (χ2v) is 8.15. The van der Waals surface area contributed by atoms with Crippen LogP contribution < -0.4 is 0 Å². The molecule has 0 rings (SSSR count). The highest BCUT2D eigenvalue weighted by Crippen LogP contribution is 2.12. The van der Waals surface area contributed by atoms with Crippen molar-refractivity contribution < 1.29 is 47.4 Å². The molecule has 0 spiro atoms. The fraction of sp³-hybridized carbons (Fsp3) is 0.889. The van der Waals surface area contributed by atoms with E-state index in [4.69, 9.17) is 42.6 Å². The zero-order chi connectivity index (χ0) is 27.1. The van der Waals surface area contributed by atoms with Gasteiger partial charge in [-0.05, 0) is 12.3 Å². The van der Waals surface area contributed by atoms with Gasteiger partial charge in [0, 0.05) is 12.7 Å². The van der Waals surface area contributed by atoms with Gasteiger partial charge in [-0.15, -0.1) is 0 Å². The second kappa shape index (κ2) is 31.1. The lowest BCUT2D eigenvalue weighted by molar-refractivity contribution is -0.139. The number of unbranched alkanes of at least 4 members (excludes halogenated alkanes) is 1. The molecule has 0 N–H and O–H groups in total. The van der Waals surface area contributed by atoms with Crippen LogP contribution in [0.25, 0.3) is 0 Å². The Balaban J connectivity index is 3.12. The molecule has 0 aliphatic carbocycles. The van der Waals surface area contributed by atoms with Crippen LogP contribution in [-0.2, 0) is 47.4 Å². The summed E-state index contributed by atoms with van der Waals surface area (Å²) in [7, 11) is 0. The van der Waals surface area contributed by atoms with Crippen molar-refractivity contribution in [2.24, 2.45) is 5.92 Å². The van der Waals surface area contributed by atoms with E-state index in [1.165, 1.54) is 25.7 Å². The molecule has 0 saturated heterocycles. The van der Waals surface area contributed by atoms with Crippen LogP contribution in [0, 0.1) is 5.92 Å². The maximum Gasteiger partial charge on any atom is 0.330 e. The molecular weight excluding hydrogens is 484 g/mol. The first kappa shape index (κ1) is 35.9. The first-order chi connectivity index (χ1) is 18.2. The van der Waals surface area contributed by atoms with E-state index in [0.717, 1.165) is 12.7 Å². The van der Waals surface area contributed by atoms with Crippen molar-refractivity contribution in [1.82, 2.24) is 0 Å². The molecular formula is C27H52O10. The molecule has 0 aromatic carbocycles. The maximum atomic E-state index is 10.8. The van der Waals surface area contributed by atoms with Crippen LogP contribution in [0.5, 0.6) is 0 Å². The number of rotatable bonds is 31. The summed E-state index contributed by atoms with van der Waals surface area (Å²) < 4.78 is 48.5. The number of esters is 1. The van der Waals surface area contributed by atoms with Gasteiger partial charge in [0.1, 0.15) is 6.61 Å². The Morgan fingerprint density at radius 3 is 1.27 bits per heavy atom. The van der Waals surface area contributed by atoms with E-state index in [9.17, 15) is 4.79 Å². The lowest BCUT2D eigenvalue weighted by Crippen LogP contribution is -2.15. The van der Waals surface area contributed by atoms with Crippen molar-refractivity contribution in [3.63, 3.8) is 0 Å². The minimum atomic E-state index is -0.453.